The maximum absolute atomic E-state index is 13.2. The van der Waals surface area contributed by atoms with Gasteiger partial charge >= 0.3 is 0 Å². The summed E-state index contributed by atoms with van der Waals surface area (Å²) >= 11 is 0. The number of nitrogens with two attached hydrogens (primary N) is 1. The molecule has 0 saturated carbocycles. The first-order chi connectivity index (χ1) is 18.5. The molecular formula is C32H35N3O3. The summed E-state index contributed by atoms with van der Waals surface area (Å²) in [6.07, 6.45) is 9.24. The van der Waals surface area contributed by atoms with Gasteiger partial charge in [0.2, 0.25) is 5.78 Å². The fraction of sp³-hybridized carbons (Fsp3) is 0.281. The zero-order chi connectivity index (χ0) is 26.7. The average molecular weight is 510 g/mol. The van der Waals surface area contributed by atoms with Crippen molar-refractivity contribution in [2.24, 2.45) is 5.73 Å². The molecule has 6 heteroatoms. The Labute approximate surface area is 224 Å². The Morgan fingerprint density at radius 2 is 1.45 bits per heavy atom. The van der Waals surface area contributed by atoms with Crippen molar-refractivity contribution in [2.75, 3.05) is 13.1 Å². The maximum Gasteiger partial charge on any atom is 0.287 e. The van der Waals surface area contributed by atoms with E-state index >= 15 is 0 Å². The smallest absolute Gasteiger partial charge is 0.287 e. The lowest BCUT2D eigenvalue weighted by atomic mass is 10.00. The van der Waals surface area contributed by atoms with Crippen LogP contribution in [0.2, 0.25) is 0 Å². The van der Waals surface area contributed by atoms with Gasteiger partial charge in [0.15, 0.2) is 0 Å². The Balaban J connectivity index is 1.44. The quantitative estimate of drug-likeness (QED) is 0.308. The van der Waals surface area contributed by atoms with Crippen molar-refractivity contribution in [3.05, 3.63) is 107 Å². The average Bonchev–Trinajstić information content (AvgIpc) is 3.21. The summed E-state index contributed by atoms with van der Waals surface area (Å²) in [5, 5.41) is 2.72. The third-order valence-corrected chi connectivity index (χ3v) is 6.89. The van der Waals surface area contributed by atoms with Crippen LogP contribution in [0.3, 0.4) is 0 Å². The van der Waals surface area contributed by atoms with Crippen molar-refractivity contribution in [2.45, 2.75) is 44.7 Å². The second kappa shape index (κ2) is 13.5. The van der Waals surface area contributed by atoms with Gasteiger partial charge in [-0.15, -0.1) is 0 Å². The second-order valence-corrected chi connectivity index (χ2v) is 9.80. The Hall–Kier alpha value is -4.03. The maximum atomic E-state index is 13.2. The zero-order valence-electron chi connectivity index (χ0n) is 21.6. The molecule has 1 aliphatic heterocycles. The highest BCUT2D eigenvalue weighted by Gasteiger charge is 2.26. The molecule has 0 aliphatic carbocycles. The number of carbonyl (C=O) groups excluding carboxylic acids is 3. The van der Waals surface area contributed by atoms with Crippen molar-refractivity contribution in [1.29, 1.82) is 0 Å². The highest BCUT2D eigenvalue weighted by molar-refractivity contribution is 6.38. The molecule has 3 aromatic rings. The van der Waals surface area contributed by atoms with Crippen molar-refractivity contribution >= 4 is 29.7 Å². The number of primary amides is 1. The summed E-state index contributed by atoms with van der Waals surface area (Å²) in [4.78, 5) is 39.8. The van der Waals surface area contributed by atoms with Gasteiger partial charge in [-0.1, -0.05) is 97.8 Å². The highest BCUT2D eigenvalue weighted by Crippen LogP contribution is 2.17. The Morgan fingerprint density at radius 3 is 2.13 bits per heavy atom. The van der Waals surface area contributed by atoms with E-state index in [1.54, 1.807) is 12.1 Å². The first-order valence-corrected chi connectivity index (χ1v) is 13.3. The van der Waals surface area contributed by atoms with E-state index in [0.29, 0.717) is 11.1 Å². The number of likely N-dealkylation sites (tertiary alicyclic amines) is 1. The van der Waals surface area contributed by atoms with Crippen LogP contribution < -0.4 is 11.1 Å². The number of carbonyl (C=O) groups is 3. The van der Waals surface area contributed by atoms with E-state index in [4.69, 9.17) is 5.73 Å². The summed E-state index contributed by atoms with van der Waals surface area (Å²) < 4.78 is 0. The lowest BCUT2D eigenvalue weighted by Gasteiger charge is -2.19. The molecule has 196 valence electrons. The molecule has 1 fully saturated rings. The van der Waals surface area contributed by atoms with Crippen LogP contribution in [0.1, 0.15) is 58.3 Å². The largest absolute Gasteiger partial charge is 0.363 e. The lowest BCUT2D eigenvalue weighted by Crippen LogP contribution is -2.47. The number of rotatable bonds is 10. The molecule has 2 amide bonds. The van der Waals surface area contributed by atoms with Crippen LogP contribution >= 0.6 is 0 Å². The molecule has 1 heterocycles. The molecule has 1 unspecified atom stereocenters. The molecule has 0 radical (unpaired) electrons. The first kappa shape index (κ1) is 27.0. The monoisotopic (exact) mass is 509 g/mol. The van der Waals surface area contributed by atoms with E-state index in [-0.39, 0.29) is 6.42 Å². The molecule has 38 heavy (non-hydrogen) atoms. The molecule has 3 N–H and O–H groups in total. The van der Waals surface area contributed by atoms with Gasteiger partial charge in [0.1, 0.15) is 6.04 Å². The molecule has 0 bridgehead atoms. The van der Waals surface area contributed by atoms with Gasteiger partial charge in [0.25, 0.3) is 11.8 Å². The minimum absolute atomic E-state index is 0.177. The summed E-state index contributed by atoms with van der Waals surface area (Å²) in [5.41, 5.74) is 9.54. The van der Waals surface area contributed by atoms with Crippen molar-refractivity contribution < 1.29 is 14.4 Å². The van der Waals surface area contributed by atoms with Gasteiger partial charge in [0, 0.05) is 18.5 Å². The van der Waals surface area contributed by atoms with Gasteiger partial charge in [-0.2, -0.15) is 0 Å². The third kappa shape index (κ3) is 7.73. The van der Waals surface area contributed by atoms with Crippen molar-refractivity contribution in [1.82, 2.24) is 10.2 Å². The number of benzene rings is 3. The van der Waals surface area contributed by atoms with Crippen LogP contribution in [0.5, 0.6) is 0 Å². The van der Waals surface area contributed by atoms with Gasteiger partial charge < -0.3 is 11.1 Å². The molecule has 0 aromatic heterocycles. The molecule has 1 atom stereocenters. The minimum Gasteiger partial charge on any atom is -0.363 e. The van der Waals surface area contributed by atoms with Crippen molar-refractivity contribution in [3.8, 4) is 0 Å². The van der Waals surface area contributed by atoms with E-state index in [1.807, 2.05) is 54.6 Å². The van der Waals surface area contributed by atoms with Crippen LogP contribution in [-0.2, 0) is 22.6 Å². The third-order valence-electron chi connectivity index (χ3n) is 6.89. The summed E-state index contributed by atoms with van der Waals surface area (Å²) in [6.45, 7) is 3.30. The summed E-state index contributed by atoms with van der Waals surface area (Å²) in [6, 6.07) is 23.8. The number of hydrogen-bond donors (Lipinski definition) is 2. The Bertz CT molecular complexity index is 1260. The Kier molecular flexibility index (Phi) is 9.59. The van der Waals surface area contributed by atoms with Crippen LogP contribution in [-0.4, -0.2) is 41.6 Å². The van der Waals surface area contributed by atoms with E-state index in [2.05, 4.69) is 34.5 Å². The second-order valence-electron chi connectivity index (χ2n) is 9.80. The van der Waals surface area contributed by atoms with Gasteiger partial charge in [0.05, 0.1) is 0 Å². The van der Waals surface area contributed by atoms with Crippen LogP contribution in [0.15, 0.2) is 78.9 Å². The molecular weight excluding hydrogens is 474 g/mol. The number of ketones is 1. The summed E-state index contributed by atoms with van der Waals surface area (Å²) in [7, 11) is 0. The van der Waals surface area contributed by atoms with E-state index in [1.165, 1.54) is 31.2 Å². The van der Waals surface area contributed by atoms with E-state index in [9.17, 15) is 14.4 Å². The van der Waals surface area contributed by atoms with E-state index in [0.717, 1.165) is 30.8 Å². The minimum atomic E-state index is -1.07. The SMILES string of the molecule is NC(=O)C(=O)C(Cc1ccccc1)NC(=O)c1ccccc1/C=C/c1ccc(CN2CCCCCC2)cc1. The lowest BCUT2D eigenvalue weighted by molar-refractivity contribution is -0.137. The van der Waals surface area contributed by atoms with Crippen LogP contribution in [0.4, 0.5) is 0 Å². The van der Waals surface area contributed by atoms with Crippen LogP contribution in [0, 0.1) is 0 Å². The molecule has 0 spiro atoms. The number of hydrogen-bond acceptors (Lipinski definition) is 4. The van der Waals surface area contributed by atoms with Gasteiger partial charge in [-0.05, 0) is 54.3 Å². The highest BCUT2D eigenvalue weighted by atomic mass is 16.2. The fourth-order valence-corrected chi connectivity index (χ4v) is 4.79. The fourth-order valence-electron chi connectivity index (χ4n) is 4.79. The molecule has 3 aromatic carbocycles. The number of amides is 2. The topological polar surface area (TPSA) is 92.5 Å². The number of nitrogens with one attached hydrogen (secondary N) is 1. The molecule has 1 aliphatic rings. The summed E-state index contributed by atoms with van der Waals surface area (Å²) in [5.74, 6) is -2.33. The predicted octanol–water partition coefficient (Wildman–Crippen LogP) is 4.63. The van der Waals surface area contributed by atoms with E-state index < -0.39 is 23.6 Å². The van der Waals surface area contributed by atoms with Gasteiger partial charge in [-0.25, -0.2) is 0 Å². The van der Waals surface area contributed by atoms with Crippen LogP contribution in [0.25, 0.3) is 12.2 Å². The first-order valence-electron chi connectivity index (χ1n) is 13.3. The van der Waals surface area contributed by atoms with Crippen molar-refractivity contribution in [3.63, 3.8) is 0 Å². The zero-order valence-corrected chi connectivity index (χ0v) is 21.6. The number of nitrogens with zero attached hydrogens (tertiary/aromatic N) is 1. The standard InChI is InChI=1S/C32H35N3O3/c33-31(37)30(36)29(22-25-10-4-3-5-11-25)34-32(38)28-13-7-6-12-27(28)19-18-24-14-16-26(17-15-24)23-35-20-8-1-2-9-21-35/h3-7,10-19,29H,1-2,8-9,20-23H2,(H2,33,37)(H,34,38)/b19-18+. The number of Topliss-reactive ketones (excluding diaryl/α,β-unsaturated/α-hetero) is 1. The molecule has 4 rings (SSSR count). The predicted molar refractivity (Wildman–Crippen MR) is 151 cm³/mol. The normalized spacial score (nSPS) is 15.1. The molecule has 1 saturated heterocycles. The molecule has 6 nitrogen and oxygen atoms in total. The Morgan fingerprint density at radius 1 is 0.789 bits per heavy atom. The van der Waals surface area contributed by atoms with Gasteiger partial charge in [-0.3, -0.25) is 19.3 Å².